The maximum absolute atomic E-state index is 11.9. The Hall–Kier alpha value is -1.55. The first-order valence-electron chi connectivity index (χ1n) is 6.47. The van der Waals surface area contributed by atoms with Gasteiger partial charge >= 0.3 is 6.03 Å². The average molecular weight is 248 g/mol. The van der Waals surface area contributed by atoms with E-state index >= 15 is 0 Å². The van der Waals surface area contributed by atoms with E-state index in [4.69, 9.17) is 0 Å². The molecule has 0 spiro atoms. The summed E-state index contributed by atoms with van der Waals surface area (Å²) in [7, 11) is 0. The molecule has 98 valence electrons. The molecule has 0 bridgehead atoms. The van der Waals surface area contributed by atoms with Crippen molar-refractivity contribution in [3.05, 3.63) is 35.9 Å². The van der Waals surface area contributed by atoms with Crippen LogP contribution in [0.5, 0.6) is 0 Å². The van der Waals surface area contributed by atoms with Crippen molar-refractivity contribution in [1.29, 1.82) is 0 Å². The summed E-state index contributed by atoms with van der Waals surface area (Å²) in [5.74, 6) is 0. The molecule has 2 amide bonds. The minimum absolute atomic E-state index is 0.0741. The van der Waals surface area contributed by atoms with Crippen molar-refractivity contribution >= 4 is 6.03 Å². The highest BCUT2D eigenvalue weighted by molar-refractivity contribution is 5.74. The van der Waals surface area contributed by atoms with E-state index in [1.165, 1.54) is 0 Å². The molecule has 0 radical (unpaired) electrons. The zero-order valence-electron chi connectivity index (χ0n) is 10.7. The van der Waals surface area contributed by atoms with E-state index in [1.54, 1.807) is 4.90 Å². The Balaban J connectivity index is 1.91. The summed E-state index contributed by atoms with van der Waals surface area (Å²) in [5.41, 5.74) is 0.826. The third-order valence-corrected chi connectivity index (χ3v) is 3.36. The number of nitrogens with one attached hydrogen (secondary N) is 1. The number of hydrogen-bond acceptors (Lipinski definition) is 2. The van der Waals surface area contributed by atoms with Crippen LogP contribution in [0.4, 0.5) is 4.79 Å². The maximum atomic E-state index is 11.9. The minimum Gasteiger partial charge on any atom is -0.386 e. The quantitative estimate of drug-likeness (QED) is 0.858. The number of carbonyl (C=O) groups excluding carboxylic acids is 1. The molecule has 2 unspecified atom stereocenters. The van der Waals surface area contributed by atoms with Crippen molar-refractivity contribution in [3.8, 4) is 0 Å². The van der Waals surface area contributed by atoms with E-state index in [2.05, 4.69) is 5.32 Å². The van der Waals surface area contributed by atoms with E-state index in [9.17, 15) is 9.90 Å². The zero-order valence-corrected chi connectivity index (χ0v) is 10.7. The SMILES string of the molecule is CC(NC(=O)N1CCCC1)C(O)c1ccccc1. The number of hydrogen-bond donors (Lipinski definition) is 2. The summed E-state index contributed by atoms with van der Waals surface area (Å²) < 4.78 is 0. The fraction of sp³-hybridized carbons (Fsp3) is 0.500. The molecule has 2 rings (SSSR count). The van der Waals surface area contributed by atoms with Gasteiger partial charge in [0.2, 0.25) is 0 Å². The van der Waals surface area contributed by atoms with Crippen LogP contribution in [-0.4, -0.2) is 35.2 Å². The van der Waals surface area contributed by atoms with Crippen LogP contribution < -0.4 is 5.32 Å². The highest BCUT2D eigenvalue weighted by atomic mass is 16.3. The van der Waals surface area contributed by atoms with Gasteiger partial charge in [0, 0.05) is 13.1 Å². The first-order valence-corrected chi connectivity index (χ1v) is 6.47. The molecule has 1 heterocycles. The maximum Gasteiger partial charge on any atom is 0.317 e. The van der Waals surface area contributed by atoms with Crippen LogP contribution >= 0.6 is 0 Å². The van der Waals surface area contributed by atoms with Crippen molar-refractivity contribution in [2.24, 2.45) is 0 Å². The Morgan fingerprint density at radius 1 is 1.28 bits per heavy atom. The van der Waals surface area contributed by atoms with Gasteiger partial charge in [0.1, 0.15) is 0 Å². The lowest BCUT2D eigenvalue weighted by Crippen LogP contribution is -2.44. The Morgan fingerprint density at radius 2 is 1.89 bits per heavy atom. The Morgan fingerprint density at radius 3 is 2.50 bits per heavy atom. The zero-order chi connectivity index (χ0) is 13.0. The number of aliphatic hydroxyl groups is 1. The molecule has 2 atom stereocenters. The average Bonchev–Trinajstić information content (AvgIpc) is 2.92. The molecule has 2 N–H and O–H groups in total. The van der Waals surface area contributed by atoms with Crippen LogP contribution in [0.2, 0.25) is 0 Å². The lowest BCUT2D eigenvalue weighted by atomic mass is 10.0. The third kappa shape index (κ3) is 3.01. The third-order valence-electron chi connectivity index (χ3n) is 3.36. The van der Waals surface area contributed by atoms with Gasteiger partial charge in [-0.3, -0.25) is 0 Å². The normalized spacial score (nSPS) is 18.4. The number of amides is 2. The van der Waals surface area contributed by atoms with Crippen LogP contribution in [0.15, 0.2) is 30.3 Å². The summed E-state index contributed by atoms with van der Waals surface area (Å²) in [5, 5.41) is 13.0. The lowest BCUT2D eigenvalue weighted by Gasteiger charge is -2.24. The molecule has 18 heavy (non-hydrogen) atoms. The molecule has 0 aromatic heterocycles. The second kappa shape index (κ2) is 5.87. The molecule has 1 aromatic carbocycles. The molecule has 1 aromatic rings. The number of likely N-dealkylation sites (tertiary alicyclic amines) is 1. The minimum atomic E-state index is -0.669. The number of benzene rings is 1. The van der Waals surface area contributed by atoms with Gasteiger partial charge in [-0.1, -0.05) is 30.3 Å². The Kier molecular flexibility index (Phi) is 4.20. The molecule has 4 heteroatoms. The molecule has 1 aliphatic rings. The van der Waals surface area contributed by atoms with Crippen molar-refractivity contribution in [1.82, 2.24) is 10.2 Å². The predicted molar refractivity (Wildman–Crippen MR) is 70.2 cm³/mol. The van der Waals surface area contributed by atoms with Crippen LogP contribution in [0, 0.1) is 0 Å². The fourth-order valence-corrected chi connectivity index (χ4v) is 2.22. The Labute approximate surface area is 108 Å². The second-order valence-electron chi connectivity index (χ2n) is 4.79. The smallest absolute Gasteiger partial charge is 0.317 e. The first kappa shape index (κ1) is 12.9. The van der Waals surface area contributed by atoms with E-state index in [1.807, 2.05) is 37.3 Å². The van der Waals surface area contributed by atoms with E-state index in [0.717, 1.165) is 31.5 Å². The first-order chi connectivity index (χ1) is 8.68. The summed E-state index contributed by atoms with van der Waals surface area (Å²) in [6.45, 7) is 3.46. The van der Waals surface area contributed by atoms with Crippen molar-refractivity contribution < 1.29 is 9.90 Å². The van der Waals surface area contributed by atoms with Crippen molar-refractivity contribution in [2.45, 2.75) is 31.9 Å². The van der Waals surface area contributed by atoms with Crippen LogP contribution in [0.3, 0.4) is 0 Å². The van der Waals surface area contributed by atoms with Gasteiger partial charge in [0.25, 0.3) is 0 Å². The molecule has 0 aliphatic carbocycles. The Bertz CT molecular complexity index is 388. The molecule has 1 saturated heterocycles. The highest BCUT2D eigenvalue weighted by Gasteiger charge is 2.23. The van der Waals surface area contributed by atoms with Gasteiger partial charge in [0.05, 0.1) is 12.1 Å². The molecular weight excluding hydrogens is 228 g/mol. The number of urea groups is 1. The number of rotatable bonds is 3. The van der Waals surface area contributed by atoms with Gasteiger partial charge in [0.15, 0.2) is 0 Å². The van der Waals surface area contributed by atoms with Crippen LogP contribution in [-0.2, 0) is 0 Å². The van der Waals surface area contributed by atoms with Gasteiger partial charge in [-0.2, -0.15) is 0 Å². The number of carbonyl (C=O) groups is 1. The van der Waals surface area contributed by atoms with E-state index < -0.39 is 6.10 Å². The lowest BCUT2D eigenvalue weighted by molar-refractivity contribution is 0.131. The number of nitrogens with zero attached hydrogens (tertiary/aromatic N) is 1. The standard InChI is InChI=1S/C14H20N2O2/c1-11(13(17)12-7-3-2-4-8-12)15-14(18)16-9-5-6-10-16/h2-4,7-8,11,13,17H,5-6,9-10H2,1H3,(H,15,18). The predicted octanol–water partition coefficient (Wildman–Crippen LogP) is 1.91. The van der Waals surface area contributed by atoms with Gasteiger partial charge in [-0.15, -0.1) is 0 Å². The highest BCUT2D eigenvalue weighted by Crippen LogP contribution is 2.16. The van der Waals surface area contributed by atoms with E-state index in [-0.39, 0.29) is 12.1 Å². The van der Waals surface area contributed by atoms with E-state index in [0.29, 0.717) is 0 Å². The topological polar surface area (TPSA) is 52.6 Å². The van der Waals surface area contributed by atoms with Crippen molar-refractivity contribution in [3.63, 3.8) is 0 Å². The summed E-state index contributed by atoms with van der Waals surface area (Å²) >= 11 is 0. The van der Waals surface area contributed by atoms with Gasteiger partial charge in [-0.25, -0.2) is 4.79 Å². The van der Waals surface area contributed by atoms with Crippen molar-refractivity contribution in [2.75, 3.05) is 13.1 Å². The second-order valence-corrected chi connectivity index (χ2v) is 4.79. The van der Waals surface area contributed by atoms with Gasteiger partial charge in [-0.05, 0) is 25.3 Å². The molecule has 1 fully saturated rings. The van der Waals surface area contributed by atoms with Crippen LogP contribution in [0.1, 0.15) is 31.4 Å². The molecule has 4 nitrogen and oxygen atoms in total. The number of aliphatic hydroxyl groups excluding tert-OH is 1. The summed E-state index contributed by atoms with van der Waals surface area (Å²) in [6.07, 6.45) is 1.48. The van der Waals surface area contributed by atoms with Crippen LogP contribution in [0.25, 0.3) is 0 Å². The molecule has 0 saturated carbocycles. The fourth-order valence-electron chi connectivity index (χ4n) is 2.22. The summed E-state index contributed by atoms with van der Waals surface area (Å²) in [4.78, 5) is 13.7. The molecular formula is C14H20N2O2. The molecule has 1 aliphatic heterocycles. The summed E-state index contributed by atoms with van der Waals surface area (Å²) in [6, 6.07) is 9.03. The van der Waals surface area contributed by atoms with Gasteiger partial charge < -0.3 is 15.3 Å². The largest absolute Gasteiger partial charge is 0.386 e. The monoisotopic (exact) mass is 248 g/mol.